The Morgan fingerprint density at radius 1 is 1.21 bits per heavy atom. The standard InChI is InChI=1S/C24H31N5O5/c1-4-25-18-14-20(19(33-3)13-17(18)24(32)29-10-6-5-7-11-29)34-12-8-9-23(31)27-21-15-28(2)22(16-30)26-21/h4,13-16H,5-12H2,1-3H3,(H,27,31). The number of piperidine rings is 1. The van der Waals surface area contributed by atoms with Crippen molar-refractivity contribution in [1.29, 1.82) is 0 Å². The van der Waals surface area contributed by atoms with Gasteiger partial charge in [-0.15, -0.1) is 0 Å². The van der Waals surface area contributed by atoms with Gasteiger partial charge in [0.05, 0.1) is 25.0 Å². The number of aryl methyl sites for hydroxylation is 1. The largest absolute Gasteiger partial charge is 0.493 e. The first-order chi connectivity index (χ1) is 16.5. The van der Waals surface area contributed by atoms with Crippen LogP contribution in [0.5, 0.6) is 11.5 Å². The van der Waals surface area contributed by atoms with Crippen molar-refractivity contribution in [3.05, 3.63) is 29.7 Å². The van der Waals surface area contributed by atoms with Crippen LogP contribution in [0.15, 0.2) is 23.3 Å². The molecule has 10 heteroatoms. The molecule has 2 heterocycles. The third kappa shape index (κ3) is 6.21. The lowest BCUT2D eigenvalue weighted by atomic mass is 10.1. The topological polar surface area (TPSA) is 115 Å². The molecule has 182 valence electrons. The zero-order valence-corrected chi connectivity index (χ0v) is 19.9. The molecule has 3 rings (SSSR count). The van der Waals surface area contributed by atoms with Crippen LogP contribution in [0.25, 0.3) is 0 Å². The number of imidazole rings is 1. The Kier molecular flexibility index (Phi) is 8.78. The fourth-order valence-corrected chi connectivity index (χ4v) is 3.78. The van der Waals surface area contributed by atoms with Gasteiger partial charge in [0.15, 0.2) is 29.4 Å². The van der Waals surface area contributed by atoms with Crippen LogP contribution < -0.4 is 14.8 Å². The number of aldehydes is 1. The summed E-state index contributed by atoms with van der Waals surface area (Å²) in [6.45, 7) is 3.54. The van der Waals surface area contributed by atoms with E-state index in [1.165, 1.54) is 11.7 Å². The summed E-state index contributed by atoms with van der Waals surface area (Å²) < 4.78 is 12.9. The first kappa shape index (κ1) is 24.9. The van der Waals surface area contributed by atoms with E-state index in [0.29, 0.717) is 41.3 Å². The summed E-state index contributed by atoms with van der Waals surface area (Å²) in [5.41, 5.74) is 1.00. The van der Waals surface area contributed by atoms with Gasteiger partial charge in [-0.05, 0) is 38.7 Å². The molecule has 1 aliphatic heterocycles. The molecule has 2 amide bonds. The molecule has 1 N–H and O–H groups in total. The number of carbonyl (C=O) groups excluding carboxylic acids is 3. The molecule has 1 saturated heterocycles. The molecule has 0 saturated carbocycles. The van der Waals surface area contributed by atoms with Gasteiger partial charge < -0.3 is 24.3 Å². The zero-order valence-electron chi connectivity index (χ0n) is 19.9. The number of nitrogens with one attached hydrogen (secondary N) is 1. The van der Waals surface area contributed by atoms with Crippen molar-refractivity contribution < 1.29 is 23.9 Å². The summed E-state index contributed by atoms with van der Waals surface area (Å²) in [6.07, 6.45) is 7.63. The number of anilines is 1. The van der Waals surface area contributed by atoms with Crippen molar-refractivity contribution in [2.75, 3.05) is 32.1 Å². The number of rotatable bonds is 10. The molecule has 0 radical (unpaired) electrons. The number of hydrogen-bond donors (Lipinski definition) is 1. The average molecular weight is 470 g/mol. The van der Waals surface area contributed by atoms with Gasteiger partial charge in [0.2, 0.25) is 5.91 Å². The minimum Gasteiger partial charge on any atom is -0.493 e. The number of methoxy groups -OCH3 is 1. The van der Waals surface area contributed by atoms with E-state index in [9.17, 15) is 14.4 Å². The molecule has 1 aromatic carbocycles. The Morgan fingerprint density at radius 2 is 1.97 bits per heavy atom. The molecule has 34 heavy (non-hydrogen) atoms. The molecule has 0 unspecified atom stereocenters. The molecule has 0 aliphatic carbocycles. The van der Waals surface area contributed by atoms with E-state index in [1.807, 2.05) is 4.90 Å². The van der Waals surface area contributed by atoms with Gasteiger partial charge in [0.25, 0.3) is 5.91 Å². The zero-order chi connectivity index (χ0) is 24.5. The second-order valence-electron chi connectivity index (χ2n) is 7.97. The number of hydrogen-bond acceptors (Lipinski definition) is 7. The van der Waals surface area contributed by atoms with Gasteiger partial charge in [-0.1, -0.05) is 0 Å². The fraction of sp³-hybridized carbons (Fsp3) is 0.458. The van der Waals surface area contributed by atoms with Crippen LogP contribution in [0.1, 0.15) is 60.0 Å². The van der Waals surface area contributed by atoms with Crippen LogP contribution in [0.4, 0.5) is 11.5 Å². The molecule has 1 aromatic heterocycles. The predicted molar refractivity (Wildman–Crippen MR) is 129 cm³/mol. The van der Waals surface area contributed by atoms with Crippen LogP contribution in [0, 0.1) is 0 Å². The van der Waals surface area contributed by atoms with Crippen molar-refractivity contribution in [2.45, 2.75) is 39.0 Å². The van der Waals surface area contributed by atoms with Crippen LogP contribution in [0.2, 0.25) is 0 Å². The SMILES string of the molecule is CC=Nc1cc(OCCCC(=O)Nc2cn(C)c(C=O)n2)c(OC)cc1C(=O)N1CCCCC1. The number of ether oxygens (including phenoxy) is 2. The summed E-state index contributed by atoms with van der Waals surface area (Å²) >= 11 is 0. The van der Waals surface area contributed by atoms with Crippen molar-refractivity contribution in [2.24, 2.45) is 12.0 Å². The highest BCUT2D eigenvalue weighted by Gasteiger charge is 2.23. The van der Waals surface area contributed by atoms with Gasteiger partial charge >= 0.3 is 0 Å². The van der Waals surface area contributed by atoms with Crippen LogP contribution in [0.3, 0.4) is 0 Å². The molecule has 1 aliphatic rings. The van der Waals surface area contributed by atoms with Gasteiger partial charge in [-0.25, -0.2) is 4.98 Å². The van der Waals surface area contributed by atoms with Crippen molar-refractivity contribution >= 4 is 35.8 Å². The Morgan fingerprint density at radius 3 is 2.62 bits per heavy atom. The molecule has 10 nitrogen and oxygen atoms in total. The van der Waals surface area contributed by atoms with E-state index in [-0.39, 0.29) is 30.7 Å². The van der Waals surface area contributed by atoms with Crippen LogP contribution in [-0.4, -0.2) is 65.6 Å². The van der Waals surface area contributed by atoms with E-state index in [4.69, 9.17) is 9.47 Å². The first-order valence-electron chi connectivity index (χ1n) is 11.4. The van der Waals surface area contributed by atoms with E-state index >= 15 is 0 Å². The maximum Gasteiger partial charge on any atom is 0.256 e. The van der Waals surface area contributed by atoms with Crippen molar-refractivity contribution in [3.8, 4) is 11.5 Å². The number of benzene rings is 1. The van der Waals surface area contributed by atoms with Crippen LogP contribution >= 0.6 is 0 Å². The van der Waals surface area contributed by atoms with Crippen molar-refractivity contribution in [1.82, 2.24) is 14.5 Å². The first-order valence-corrected chi connectivity index (χ1v) is 11.4. The van der Waals surface area contributed by atoms with E-state index in [1.54, 1.807) is 38.5 Å². The average Bonchev–Trinajstić information content (AvgIpc) is 3.20. The van der Waals surface area contributed by atoms with Crippen LogP contribution in [-0.2, 0) is 11.8 Å². The Bertz CT molecular complexity index is 1060. The molecular formula is C24H31N5O5. The lowest BCUT2D eigenvalue weighted by molar-refractivity contribution is -0.116. The predicted octanol–water partition coefficient (Wildman–Crippen LogP) is 3.39. The Balaban J connectivity index is 1.62. The maximum absolute atomic E-state index is 13.1. The molecule has 1 fully saturated rings. The summed E-state index contributed by atoms with van der Waals surface area (Å²) in [5, 5.41) is 2.66. The van der Waals surface area contributed by atoms with Crippen molar-refractivity contribution in [3.63, 3.8) is 0 Å². The molecule has 0 atom stereocenters. The maximum atomic E-state index is 13.1. The second kappa shape index (κ2) is 12.0. The second-order valence-corrected chi connectivity index (χ2v) is 7.97. The lowest BCUT2D eigenvalue weighted by Crippen LogP contribution is -2.35. The Labute approximate surface area is 199 Å². The highest BCUT2D eigenvalue weighted by Crippen LogP contribution is 2.36. The van der Waals surface area contributed by atoms with Gasteiger partial charge in [-0.3, -0.25) is 19.4 Å². The monoisotopic (exact) mass is 469 g/mol. The number of amides is 2. The lowest BCUT2D eigenvalue weighted by Gasteiger charge is -2.27. The number of aliphatic imine (C=N–C) groups is 1. The van der Waals surface area contributed by atoms with Gasteiger partial charge in [0, 0.05) is 45.0 Å². The van der Waals surface area contributed by atoms with Gasteiger partial charge in [0.1, 0.15) is 0 Å². The normalized spacial score (nSPS) is 13.7. The summed E-state index contributed by atoms with van der Waals surface area (Å²) in [6, 6.07) is 3.37. The number of nitrogens with zero attached hydrogens (tertiary/aromatic N) is 4. The summed E-state index contributed by atoms with van der Waals surface area (Å²) in [7, 11) is 3.20. The van der Waals surface area contributed by atoms with Gasteiger partial charge in [-0.2, -0.15) is 0 Å². The smallest absolute Gasteiger partial charge is 0.256 e. The minimum absolute atomic E-state index is 0.0610. The number of carbonyl (C=O) groups is 3. The highest BCUT2D eigenvalue weighted by molar-refractivity contribution is 6.00. The number of aromatic nitrogens is 2. The summed E-state index contributed by atoms with van der Waals surface area (Å²) in [4.78, 5) is 46.4. The summed E-state index contributed by atoms with van der Waals surface area (Å²) in [5.74, 6) is 1.17. The molecule has 0 spiro atoms. The molecular weight excluding hydrogens is 438 g/mol. The number of likely N-dealkylation sites (tertiary alicyclic amines) is 1. The molecule has 0 bridgehead atoms. The molecule has 2 aromatic rings. The fourth-order valence-electron chi connectivity index (χ4n) is 3.78. The quantitative estimate of drug-likeness (QED) is 0.324. The van der Waals surface area contributed by atoms with E-state index < -0.39 is 0 Å². The van der Waals surface area contributed by atoms with E-state index in [0.717, 1.165) is 32.4 Å². The Hall–Kier alpha value is -3.69. The third-order valence-electron chi connectivity index (χ3n) is 5.51. The van der Waals surface area contributed by atoms with E-state index in [2.05, 4.69) is 15.3 Å². The third-order valence-corrected chi connectivity index (χ3v) is 5.51. The minimum atomic E-state index is -0.232. The highest BCUT2D eigenvalue weighted by atomic mass is 16.5.